The summed E-state index contributed by atoms with van der Waals surface area (Å²) in [6.45, 7) is 8.13. The van der Waals surface area contributed by atoms with Crippen molar-refractivity contribution in [2.75, 3.05) is 6.54 Å². The summed E-state index contributed by atoms with van der Waals surface area (Å²) in [6, 6.07) is 2.09. The zero-order valence-corrected chi connectivity index (χ0v) is 15.2. The summed E-state index contributed by atoms with van der Waals surface area (Å²) in [5, 5.41) is 25.6. The van der Waals surface area contributed by atoms with Crippen LogP contribution in [-0.2, 0) is 11.2 Å². The molecule has 0 bridgehead atoms. The van der Waals surface area contributed by atoms with Crippen LogP contribution in [0.1, 0.15) is 49.2 Å². The topological polar surface area (TPSA) is 103 Å². The van der Waals surface area contributed by atoms with E-state index in [1.54, 1.807) is 11.4 Å². The van der Waals surface area contributed by atoms with Gasteiger partial charge in [0.2, 0.25) is 5.91 Å². The van der Waals surface area contributed by atoms with E-state index < -0.39 is 0 Å². The number of aryl methyl sites for hydroxylation is 2. The lowest BCUT2D eigenvalue weighted by molar-refractivity contribution is -0.121. The summed E-state index contributed by atoms with van der Waals surface area (Å²) in [5.41, 5.74) is 3.70. The van der Waals surface area contributed by atoms with Crippen molar-refractivity contribution in [3.63, 3.8) is 0 Å². The highest BCUT2D eigenvalue weighted by Gasteiger charge is 2.15. The van der Waals surface area contributed by atoms with E-state index in [0.717, 1.165) is 17.0 Å². The Kier molecular flexibility index (Phi) is 6.10. The molecule has 0 saturated heterocycles. The summed E-state index contributed by atoms with van der Waals surface area (Å²) in [7, 11) is 0. The highest BCUT2D eigenvalue weighted by molar-refractivity contribution is 5.76. The molecule has 7 nitrogen and oxygen atoms in total. The van der Waals surface area contributed by atoms with Gasteiger partial charge in [0.25, 0.3) is 0 Å². The van der Waals surface area contributed by atoms with E-state index in [4.69, 9.17) is 5.26 Å². The van der Waals surface area contributed by atoms with Gasteiger partial charge in [-0.1, -0.05) is 6.92 Å². The van der Waals surface area contributed by atoms with Crippen molar-refractivity contribution in [3.8, 4) is 6.07 Å². The molecule has 0 spiro atoms. The van der Waals surface area contributed by atoms with E-state index in [-0.39, 0.29) is 17.9 Å². The van der Waals surface area contributed by atoms with Crippen molar-refractivity contribution in [1.29, 1.82) is 5.26 Å². The van der Waals surface area contributed by atoms with E-state index in [1.165, 1.54) is 6.20 Å². The molecule has 2 aromatic heterocycles. The lowest BCUT2D eigenvalue weighted by Gasteiger charge is -2.15. The molecule has 0 aliphatic rings. The summed E-state index contributed by atoms with van der Waals surface area (Å²) in [5.74, 6) is 0.216. The molecular weight excluding hydrogens is 318 g/mol. The third-order valence-corrected chi connectivity index (χ3v) is 4.32. The standard InChI is InChI=1S/C18H25N5O2/c1-11(7-12(2)24)9-20-17(25)6-5-16-13(3)22-18-15(8-19)10-21-23(18)14(16)4/h10-12,24H,5-7,9H2,1-4H3,(H,20,25). The number of carbonyl (C=O) groups excluding carboxylic acids is 1. The van der Waals surface area contributed by atoms with Crippen LogP contribution >= 0.6 is 0 Å². The number of carbonyl (C=O) groups is 1. The predicted molar refractivity (Wildman–Crippen MR) is 94.0 cm³/mol. The van der Waals surface area contributed by atoms with Crippen LogP contribution in [0.15, 0.2) is 6.20 Å². The largest absolute Gasteiger partial charge is 0.393 e. The molecule has 0 saturated carbocycles. The van der Waals surface area contributed by atoms with Crippen LogP contribution in [0.4, 0.5) is 0 Å². The number of nitrogens with zero attached hydrogens (tertiary/aromatic N) is 4. The number of nitrogens with one attached hydrogen (secondary N) is 1. The Hall–Kier alpha value is -2.46. The first-order valence-electron chi connectivity index (χ1n) is 8.52. The first-order chi connectivity index (χ1) is 11.8. The third kappa shape index (κ3) is 4.54. The van der Waals surface area contributed by atoms with E-state index in [0.29, 0.717) is 37.0 Å². The highest BCUT2D eigenvalue weighted by atomic mass is 16.3. The summed E-state index contributed by atoms with van der Waals surface area (Å²) in [4.78, 5) is 16.6. The van der Waals surface area contributed by atoms with Gasteiger partial charge in [-0.05, 0) is 45.1 Å². The molecule has 2 heterocycles. The second kappa shape index (κ2) is 8.08. The summed E-state index contributed by atoms with van der Waals surface area (Å²) < 4.78 is 1.66. The van der Waals surface area contributed by atoms with Crippen LogP contribution in [0, 0.1) is 31.1 Å². The van der Waals surface area contributed by atoms with Crippen LogP contribution in [0.25, 0.3) is 5.65 Å². The molecule has 134 valence electrons. The Morgan fingerprint density at radius 1 is 1.44 bits per heavy atom. The summed E-state index contributed by atoms with van der Waals surface area (Å²) >= 11 is 0. The molecule has 2 aromatic rings. The number of rotatable bonds is 7. The van der Waals surface area contributed by atoms with Gasteiger partial charge < -0.3 is 10.4 Å². The van der Waals surface area contributed by atoms with Crippen molar-refractivity contribution >= 4 is 11.6 Å². The zero-order valence-electron chi connectivity index (χ0n) is 15.2. The van der Waals surface area contributed by atoms with Crippen molar-refractivity contribution in [3.05, 3.63) is 28.7 Å². The molecule has 2 unspecified atom stereocenters. The highest BCUT2D eigenvalue weighted by Crippen LogP contribution is 2.18. The van der Waals surface area contributed by atoms with Gasteiger partial charge in [0.05, 0.1) is 12.3 Å². The second-order valence-corrected chi connectivity index (χ2v) is 6.66. The van der Waals surface area contributed by atoms with Gasteiger partial charge in [-0.2, -0.15) is 10.4 Å². The van der Waals surface area contributed by atoms with Crippen LogP contribution in [0.3, 0.4) is 0 Å². The number of aliphatic hydroxyl groups excluding tert-OH is 1. The Balaban J connectivity index is 2.01. The molecule has 25 heavy (non-hydrogen) atoms. The number of hydrogen-bond donors (Lipinski definition) is 2. The molecule has 0 aromatic carbocycles. The Bertz CT molecular complexity index is 804. The molecule has 0 aliphatic heterocycles. The smallest absolute Gasteiger partial charge is 0.220 e. The second-order valence-electron chi connectivity index (χ2n) is 6.66. The van der Waals surface area contributed by atoms with Gasteiger partial charge in [0.1, 0.15) is 11.6 Å². The van der Waals surface area contributed by atoms with Crippen LogP contribution in [-0.4, -0.2) is 38.3 Å². The van der Waals surface area contributed by atoms with Gasteiger partial charge in [0, 0.05) is 24.4 Å². The molecule has 2 atom stereocenters. The monoisotopic (exact) mass is 343 g/mol. The van der Waals surface area contributed by atoms with Gasteiger partial charge >= 0.3 is 0 Å². The minimum atomic E-state index is -0.359. The Labute approximate surface area is 147 Å². The average molecular weight is 343 g/mol. The molecule has 0 radical (unpaired) electrons. The van der Waals surface area contributed by atoms with Gasteiger partial charge in [-0.15, -0.1) is 0 Å². The van der Waals surface area contributed by atoms with E-state index in [9.17, 15) is 9.90 Å². The molecular formula is C18H25N5O2. The Morgan fingerprint density at radius 2 is 2.16 bits per heavy atom. The fraction of sp³-hybridized carbons (Fsp3) is 0.556. The van der Waals surface area contributed by atoms with Crippen molar-refractivity contribution < 1.29 is 9.90 Å². The zero-order chi connectivity index (χ0) is 18.6. The van der Waals surface area contributed by atoms with Crippen LogP contribution < -0.4 is 5.32 Å². The van der Waals surface area contributed by atoms with E-state index in [2.05, 4.69) is 21.5 Å². The van der Waals surface area contributed by atoms with Crippen molar-refractivity contribution in [2.45, 2.75) is 53.1 Å². The van der Waals surface area contributed by atoms with E-state index >= 15 is 0 Å². The average Bonchev–Trinajstić information content (AvgIpc) is 2.95. The fourth-order valence-electron chi connectivity index (χ4n) is 3.03. The molecule has 2 rings (SSSR count). The number of aliphatic hydroxyl groups is 1. The minimum Gasteiger partial charge on any atom is -0.393 e. The first kappa shape index (κ1) is 18.9. The van der Waals surface area contributed by atoms with Gasteiger partial charge in [-0.3, -0.25) is 4.79 Å². The van der Waals surface area contributed by atoms with Gasteiger partial charge in [-0.25, -0.2) is 9.50 Å². The maximum absolute atomic E-state index is 12.1. The number of fused-ring (bicyclic) bond motifs is 1. The lowest BCUT2D eigenvalue weighted by Crippen LogP contribution is -2.29. The molecule has 2 N–H and O–H groups in total. The number of nitriles is 1. The van der Waals surface area contributed by atoms with E-state index in [1.807, 2.05) is 20.8 Å². The van der Waals surface area contributed by atoms with Crippen LogP contribution in [0.2, 0.25) is 0 Å². The number of amides is 1. The minimum absolute atomic E-state index is 0.0190. The lowest BCUT2D eigenvalue weighted by atomic mass is 10.0. The predicted octanol–water partition coefficient (Wildman–Crippen LogP) is 1.67. The van der Waals surface area contributed by atoms with Gasteiger partial charge in [0.15, 0.2) is 5.65 Å². The number of hydrogen-bond acceptors (Lipinski definition) is 5. The molecule has 0 fully saturated rings. The quantitative estimate of drug-likeness (QED) is 0.796. The molecule has 7 heteroatoms. The van der Waals surface area contributed by atoms with Crippen molar-refractivity contribution in [2.24, 2.45) is 5.92 Å². The molecule has 0 aliphatic carbocycles. The number of aromatic nitrogens is 3. The normalized spacial score (nSPS) is 13.4. The maximum Gasteiger partial charge on any atom is 0.220 e. The maximum atomic E-state index is 12.1. The fourth-order valence-corrected chi connectivity index (χ4v) is 3.03. The summed E-state index contributed by atoms with van der Waals surface area (Å²) in [6.07, 6.45) is 2.75. The van der Waals surface area contributed by atoms with Crippen LogP contribution in [0.5, 0.6) is 0 Å². The third-order valence-electron chi connectivity index (χ3n) is 4.32. The Morgan fingerprint density at radius 3 is 2.80 bits per heavy atom. The molecule has 1 amide bonds. The van der Waals surface area contributed by atoms with Crippen molar-refractivity contribution in [1.82, 2.24) is 19.9 Å². The SMILES string of the molecule is Cc1nc2c(C#N)cnn2c(C)c1CCC(=O)NCC(C)CC(C)O. The first-order valence-corrected chi connectivity index (χ1v) is 8.52.